The SMILES string of the molecule is CC(=O)c1c(O)c(C(=O)Nc2cc(C(F)(F)F)cc(C(F)(F)F)c2)c(O)oc1=O. The summed E-state index contributed by atoms with van der Waals surface area (Å²) in [6.45, 7) is 0.799. The van der Waals surface area contributed by atoms with Crippen molar-refractivity contribution in [2.45, 2.75) is 19.3 Å². The van der Waals surface area contributed by atoms with E-state index < -0.39 is 69.3 Å². The van der Waals surface area contributed by atoms with Crippen LogP contribution in [0.3, 0.4) is 0 Å². The lowest BCUT2D eigenvalue weighted by atomic mass is 10.1. The molecule has 0 bridgehead atoms. The predicted molar refractivity (Wildman–Crippen MR) is 82.7 cm³/mol. The minimum atomic E-state index is -5.19. The van der Waals surface area contributed by atoms with E-state index in [4.69, 9.17) is 0 Å². The van der Waals surface area contributed by atoms with Crippen molar-refractivity contribution < 1.29 is 50.6 Å². The zero-order chi connectivity index (χ0) is 22.3. The summed E-state index contributed by atoms with van der Waals surface area (Å²) < 4.78 is 81.4. The molecular formula is C16H9F6NO6. The molecule has 0 unspecified atom stereocenters. The average molecular weight is 425 g/mol. The highest BCUT2D eigenvalue weighted by molar-refractivity contribution is 6.10. The van der Waals surface area contributed by atoms with Crippen LogP contribution in [0.2, 0.25) is 0 Å². The van der Waals surface area contributed by atoms with Gasteiger partial charge in [-0.25, -0.2) is 4.79 Å². The van der Waals surface area contributed by atoms with Gasteiger partial charge in [0.25, 0.3) is 5.91 Å². The quantitative estimate of drug-likeness (QED) is 0.512. The van der Waals surface area contributed by atoms with Gasteiger partial charge in [-0.05, 0) is 25.1 Å². The van der Waals surface area contributed by atoms with Crippen LogP contribution in [0.1, 0.15) is 38.8 Å². The smallest absolute Gasteiger partial charge is 0.416 e. The van der Waals surface area contributed by atoms with Gasteiger partial charge in [0.15, 0.2) is 17.1 Å². The Morgan fingerprint density at radius 1 is 0.931 bits per heavy atom. The lowest BCUT2D eigenvalue weighted by Gasteiger charge is -2.15. The number of amides is 1. The molecule has 0 saturated heterocycles. The van der Waals surface area contributed by atoms with E-state index in [1.165, 1.54) is 0 Å². The summed E-state index contributed by atoms with van der Waals surface area (Å²) in [5.74, 6) is -5.58. The number of Topliss-reactive ketones (excluding diaryl/α,β-unsaturated/α-hetero) is 1. The fraction of sp³-hybridized carbons (Fsp3) is 0.188. The molecule has 29 heavy (non-hydrogen) atoms. The fourth-order valence-electron chi connectivity index (χ4n) is 2.25. The normalized spacial score (nSPS) is 12.0. The van der Waals surface area contributed by atoms with Crippen molar-refractivity contribution in [3.63, 3.8) is 0 Å². The third kappa shape index (κ3) is 4.50. The molecule has 0 atom stereocenters. The van der Waals surface area contributed by atoms with Crippen molar-refractivity contribution in [3.8, 4) is 11.7 Å². The molecule has 1 amide bonds. The van der Waals surface area contributed by atoms with E-state index in [-0.39, 0.29) is 18.2 Å². The van der Waals surface area contributed by atoms with Crippen LogP contribution in [0.15, 0.2) is 27.4 Å². The first kappa shape index (κ1) is 21.8. The van der Waals surface area contributed by atoms with Crippen molar-refractivity contribution in [3.05, 3.63) is 50.9 Å². The minimum absolute atomic E-state index is 0.173. The molecule has 1 aromatic heterocycles. The topological polar surface area (TPSA) is 117 Å². The van der Waals surface area contributed by atoms with E-state index in [2.05, 4.69) is 4.42 Å². The first-order valence-corrected chi connectivity index (χ1v) is 7.33. The number of carbonyl (C=O) groups is 2. The standard InChI is InChI=1S/C16H9F6NO6/c1-5(24)9-11(25)10(14(28)29-13(9)27)12(26)23-8-3-6(15(17,18)19)2-7(4-8)16(20,21)22/h2-4,25,28H,1H3,(H,23,26). The number of nitrogens with one attached hydrogen (secondary N) is 1. The van der Waals surface area contributed by atoms with Crippen LogP contribution in [0.25, 0.3) is 0 Å². The summed E-state index contributed by atoms with van der Waals surface area (Å²) in [5.41, 5.74) is -8.26. The van der Waals surface area contributed by atoms with Gasteiger partial charge in [-0.1, -0.05) is 0 Å². The van der Waals surface area contributed by atoms with E-state index in [1.807, 2.05) is 0 Å². The Morgan fingerprint density at radius 3 is 1.83 bits per heavy atom. The summed E-state index contributed by atoms with van der Waals surface area (Å²) in [7, 11) is 0. The molecule has 0 saturated carbocycles. The number of hydrogen-bond donors (Lipinski definition) is 3. The van der Waals surface area contributed by atoms with Crippen molar-refractivity contribution in [1.82, 2.24) is 0 Å². The molecular weight excluding hydrogens is 416 g/mol. The van der Waals surface area contributed by atoms with Crippen molar-refractivity contribution >= 4 is 17.4 Å². The highest BCUT2D eigenvalue weighted by atomic mass is 19.4. The maximum absolute atomic E-state index is 12.9. The Balaban J connectivity index is 2.58. The zero-order valence-corrected chi connectivity index (χ0v) is 14.0. The summed E-state index contributed by atoms with van der Waals surface area (Å²) in [6.07, 6.45) is -10.4. The average Bonchev–Trinajstić information content (AvgIpc) is 2.51. The Bertz CT molecular complexity index is 1020. The number of aromatic hydroxyl groups is 2. The number of hydrogen-bond acceptors (Lipinski definition) is 6. The summed E-state index contributed by atoms with van der Waals surface area (Å²) in [4.78, 5) is 35.0. The molecule has 1 heterocycles. The van der Waals surface area contributed by atoms with E-state index >= 15 is 0 Å². The van der Waals surface area contributed by atoms with Crippen molar-refractivity contribution in [2.24, 2.45) is 0 Å². The molecule has 1 aromatic carbocycles. The molecule has 0 radical (unpaired) electrons. The molecule has 0 aliphatic rings. The van der Waals surface area contributed by atoms with Crippen LogP contribution in [-0.4, -0.2) is 21.9 Å². The third-order valence-corrected chi connectivity index (χ3v) is 3.51. The van der Waals surface area contributed by atoms with Crippen molar-refractivity contribution in [2.75, 3.05) is 5.32 Å². The highest BCUT2D eigenvalue weighted by Gasteiger charge is 2.37. The largest absolute Gasteiger partial charge is 0.506 e. The van der Waals surface area contributed by atoms with Crippen LogP contribution in [-0.2, 0) is 12.4 Å². The molecule has 2 rings (SSSR count). The molecule has 3 N–H and O–H groups in total. The molecule has 7 nitrogen and oxygen atoms in total. The van der Waals surface area contributed by atoms with E-state index in [9.17, 15) is 50.9 Å². The molecule has 0 fully saturated rings. The second-order valence-corrected chi connectivity index (χ2v) is 5.60. The van der Waals surface area contributed by atoms with Crippen LogP contribution >= 0.6 is 0 Å². The molecule has 0 aliphatic heterocycles. The van der Waals surface area contributed by atoms with Gasteiger partial charge >= 0.3 is 23.9 Å². The first-order chi connectivity index (χ1) is 13.1. The fourth-order valence-corrected chi connectivity index (χ4v) is 2.25. The Morgan fingerprint density at radius 2 is 1.41 bits per heavy atom. The highest BCUT2D eigenvalue weighted by Crippen LogP contribution is 2.38. The monoisotopic (exact) mass is 425 g/mol. The Labute approximate surface area is 156 Å². The van der Waals surface area contributed by atoms with E-state index in [1.54, 1.807) is 5.32 Å². The summed E-state index contributed by atoms with van der Waals surface area (Å²) >= 11 is 0. The zero-order valence-electron chi connectivity index (χ0n) is 14.0. The lowest BCUT2D eigenvalue weighted by Crippen LogP contribution is -2.19. The summed E-state index contributed by atoms with van der Waals surface area (Å²) in [6, 6.07) is 0.165. The number of anilines is 1. The van der Waals surface area contributed by atoms with Crippen LogP contribution < -0.4 is 10.9 Å². The van der Waals surface area contributed by atoms with Crippen LogP contribution in [0.5, 0.6) is 11.7 Å². The second kappa shape index (κ2) is 7.14. The van der Waals surface area contributed by atoms with Gasteiger partial charge in [0, 0.05) is 5.69 Å². The van der Waals surface area contributed by atoms with Gasteiger partial charge in [-0.3, -0.25) is 9.59 Å². The molecule has 156 valence electrons. The van der Waals surface area contributed by atoms with Gasteiger partial charge in [0.1, 0.15) is 5.56 Å². The number of benzene rings is 1. The number of ketones is 1. The second-order valence-electron chi connectivity index (χ2n) is 5.60. The van der Waals surface area contributed by atoms with Crippen molar-refractivity contribution in [1.29, 1.82) is 0 Å². The molecule has 2 aromatic rings. The molecule has 0 spiro atoms. The van der Waals surface area contributed by atoms with Crippen LogP contribution in [0, 0.1) is 0 Å². The van der Waals surface area contributed by atoms with Gasteiger partial charge in [-0.15, -0.1) is 0 Å². The number of alkyl halides is 6. The number of carbonyl (C=O) groups excluding carboxylic acids is 2. The molecule has 0 aliphatic carbocycles. The minimum Gasteiger partial charge on any atom is -0.506 e. The van der Waals surface area contributed by atoms with Gasteiger partial charge in [0.2, 0.25) is 0 Å². The number of rotatable bonds is 3. The predicted octanol–water partition coefficient (Wildman–Crippen LogP) is 3.54. The van der Waals surface area contributed by atoms with E-state index in [0.29, 0.717) is 0 Å². The number of halogens is 6. The first-order valence-electron chi connectivity index (χ1n) is 7.33. The maximum atomic E-state index is 12.9. The van der Waals surface area contributed by atoms with Gasteiger partial charge in [-0.2, -0.15) is 26.3 Å². The Kier molecular flexibility index (Phi) is 5.37. The lowest BCUT2D eigenvalue weighted by molar-refractivity contribution is -0.143. The van der Waals surface area contributed by atoms with Gasteiger partial charge < -0.3 is 19.9 Å². The third-order valence-electron chi connectivity index (χ3n) is 3.51. The van der Waals surface area contributed by atoms with E-state index in [0.717, 1.165) is 6.92 Å². The summed E-state index contributed by atoms with van der Waals surface area (Å²) in [5, 5.41) is 21.0. The molecule has 13 heteroatoms. The maximum Gasteiger partial charge on any atom is 0.416 e. The van der Waals surface area contributed by atoms with Crippen LogP contribution in [0.4, 0.5) is 32.0 Å². The van der Waals surface area contributed by atoms with Gasteiger partial charge in [0.05, 0.1) is 11.1 Å². The Hall–Kier alpha value is -3.51.